The molecule has 27 heavy (non-hydrogen) atoms. The number of nitrogens with zero attached hydrogens (tertiary/aromatic N) is 2. The van der Waals surface area contributed by atoms with E-state index in [0.717, 1.165) is 18.4 Å². The maximum absolute atomic E-state index is 13.2. The molecule has 0 spiro atoms. The Kier molecular flexibility index (Phi) is 3.91. The van der Waals surface area contributed by atoms with E-state index in [4.69, 9.17) is 15.1 Å². The number of primary amides is 1. The number of carbonyl (C=O) groups is 1. The lowest BCUT2D eigenvalue weighted by atomic mass is 10.00. The number of aryl methyl sites for hydroxylation is 1. The van der Waals surface area contributed by atoms with Crippen LogP contribution in [0.5, 0.6) is 0 Å². The van der Waals surface area contributed by atoms with Crippen LogP contribution in [0, 0.1) is 12.7 Å². The summed E-state index contributed by atoms with van der Waals surface area (Å²) in [4.78, 5) is 21.2. The molecule has 1 fully saturated rings. The van der Waals surface area contributed by atoms with Gasteiger partial charge in [0.05, 0.1) is 10.9 Å². The summed E-state index contributed by atoms with van der Waals surface area (Å²) in [5, 5.41) is 3.94. The Balaban J connectivity index is 1.87. The molecule has 6 nitrogen and oxygen atoms in total. The van der Waals surface area contributed by atoms with Crippen molar-refractivity contribution in [3.8, 4) is 0 Å². The number of fused-ring (bicyclic) bond motifs is 1. The van der Waals surface area contributed by atoms with Crippen molar-refractivity contribution in [2.24, 2.45) is 5.73 Å². The van der Waals surface area contributed by atoms with E-state index in [0.29, 0.717) is 34.1 Å². The average Bonchev–Trinajstić information content (AvgIpc) is 3.22. The first-order chi connectivity index (χ1) is 12.8. The van der Waals surface area contributed by atoms with Crippen LogP contribution in [0.25, 0.3) is 11.1 Å². The molecule has 140 valence electrons. The fourth-order valence-corrected chi connectivity index (χ4v) is 3.21. The topological polar surface area (TPSA) is 94.0 Å². The molecule has 0 radical (unpaired) electrons. The smallest absolute Gasteiger partial charge is 0.253 e. The molecule has 1 unspecified atom stereocenters. The number of halogens is 1. The van der Waals surface area contributed by atoms with Crippen molar-refractivity contribution < 1.29 is 13.6 Å². The van der Waals surface area contributed by atoms with E-state index in [2.05, 4.69) is 17.2 Å². The standard InChI is InChI=1S/C20H21FN4O2/c1-10(12-4-6-13(21)7-5-12)17-23-18(25-20(3)8-9-20)15-14(16(22)26)11(2)27-19(15)24-17/h4-7,10H,8-9H2,1-3H3,(H2,22,26)(H,23,24,25). The summed E-state index contributed by atoms with van der Waals surface area (Å²) in [5.41, 5.74) is 7.02. The Hall–Kier alpha value is -2.96. The maximum atomic E-state index is 13.2. The summed E-state index contributed by atoms with van der Waals surface area (Å²) in [6.45, 7) is 5.73. The summed E-state index contributed by atoms with van der Waals surface area (Å²) in [6, 6.07) is 6.25. The minimum atomic E-state index is -0.571. The van der Waals surface area contributed by atoms with Gasteiger partial charge in [-0.2, -0.15) is 4.98 Å². The van der Waals surface area contributed by atoms with Crippen LogP contribution >= 0.6 is 0 Å². The van der Waals surface area contributed by atoms with E-state index in [-0.39, 0.29) is 17.3 Å². The van der Waals surface area contributed by atoms with Crippen LogP contribution in [0.1, 0.15) is 60.1 Å². The Labute approximate surface area is 156 Å². The first kappa shape index (κ1) is 17.5. The highest BCUT2D eigenvalue weighted by Gasteiger charge is 2.39. The van der Waals surface area contributed by atoms with Crippen LogP contribution in [-0.2, 0) is 0 Å². The maximum Gasteiger partial charge on any atom is 0.253 e. The highest BCUT2D eigenvalue weighted by Crippen LogP contribution is 2.41. The monoisotopic (exact) mass is 368 g/mol. The van der Waals surface area contributed by atoms with Gasteiger partial charge in [-0.1, -0.05) is 19.1 Å². The van der Waals surface area contributed by atoms with Crippen molar-refractivity contribution in [2.75, 3.05) is 5.32 Å². The number of furan rings is 1. The lowest BCUT2D eigenvalue weighted by molar-refractivity contribution is 0.1000. The number of benzene rings is 1. The Morgan fingerprint density at radius 2 is 1.96 bits per heavy atom. The Morgan fingerprint density at radius 1 is 1.30 bits per heavy atom. The molecule has 3 aromatic rings. The number of rotatable bonds is 5. The molecular weight excluding hydrogens is 347 g/mol. The molecule has 1 saturated carbocycles. The van der Waals surface area contributed by atoms with Crippen LogP contribution in [0.4, 0.5) is 10.2 Å². The largest absolute Gasteiger partial charge is 0.442 e. The molecule has 4 rings (SSSR count). The summed E-state index contributed by atoms with van der Waals surface area (Å²) < 4.78 is 19.0. The predicted molar refractivity (Wildman–Crippen MR) is 100 cm³/mol. The Morgan fingerprint density at radius 3 is 2.56 bits per heavy atom. The minimum Gasteiger partial charge on any atom is -0.442 e. The molecular formula is C20H21FN4O2. The molecule has 3 N–H and O–H groups in total. The number of amides is 1. The van der Waals surface area contributed by atoms with E-state index in [1.807, 2.05) is 6.92 Å². The highest BCUT2D eigenvalue weighted by atomic mass is 19.1. The molecule has 1 amide bonds. The molecule has 1 atom stereocenters. The van der Waals surface area contributed by atoms with E-state index in [1.54, 1.807) is 19.1 Å². The summed E-state index contributed by atoms with van der Waals surface area (Å²) in [6.07, 6.45) is 2.04. The number of aromatic nitrogens is 2. The number of anilines is 1. The van der Waals surface area contributed by atoms with Gasteiger partial charge in [-0.3, -0.25) is 4.79 Å². The fourth-order valence-electron chi connectivity index (χ4n) is 3.21. The van der Waals surface area contributed by atoms with Gasteiger partial charge >= 0.3 is 0 Å². The number of nitrogens with one attached hydrogen (secondary N) is 1. The number of nitrogens with two attached hydrogens (primary N) is 1. The van der Waals surface area contributed by atoms with Gasteiger partial charge in [0.25, 0.3) is 5.91 Å². The fraction of sp³-hybridized carbons (Fsp3) is 0.350. The third-order valence-corrected chi connectivity index (χ3v) is 5.17. The van der Waals surface area contributed by atoms with Crippen molar-refractivity contribution in [2.45, 2.75) is 45.1 Å². The first-order valence-electron chi connectivity index (χ1n) is 8.92. The average molecular weight is 368 g/mol. The Bertz CT molecular complexity index is 1040. The van der Waals surface area contributed by atoms with Crippen LogP contribution < -0.4 is 11.1 Å². The second kappa shape index (κ2) is 6.04. The van der Waals surface area contributed by atoms with Crippen LogP contribution in [-0.4, -0.2) is 21.4 Å². The van der Waals surface area contributed by atoms with Crippen molar-refractivity contribution in [1.82, 2.24) is 9.97 Å². The van der Waals surface area contributed by atoms with E-state index >= 15 is 0 Å². The first-order valence-corrected chi connectivity index (χ1v) is 8.92. The van der Waals surface area contributed by atoms with Crippen LogP contribution in [0.2, 0.25) is 0 Å². The van der Waals surface area contributed by atoms with Gasteiger partial charge in [0.1, 0.15) is 23.2 Å². The number of hydrogen-bond acceptors (Lipinski definition) is 5. The van der Waals surface area contributed by atoms with Gasteiger partial charge in [-0.25, -0.2) is 9.37 Å². The van der Waals surface area contributed by atoms with E-state index < -0.39 is 5.91 Å². The SMILES string of the molecule is Cc1oc2nc(C(C)c3ccc(F)cc3)nc(NC3(C)CC3)c2c1C(N)=O. The van der Waals surface area contributed by atoms with Gasteiger partial charge in [0.2, 0.25) is 5.71 Å². The molecule has 1 aliphatic carbocycles. The molecule has 0 bridgehead atoms. The van der Waals surface area contributed by atoms with Gasteiger partial charge in [0, 0.05) is 11.5 Å². The van der Waals surface area contributed by atoms with Crippen molar-refractivity contribution in [3.05, 3.63) is 52.8 Å². The zero-order valence-corrected chi connectivity index (χ0v) is 15.5. The lowest BCUT2D eigenvalue weighted by Crippen LogP contribution is -2.20. The van der Waals surface area contributed by atoms with E-state index in [9.17, 15) is 9.18 Å². The molecule has 2 heterocycles. The molecule has 2 aromatic heterocycles. The molecule has 0 saturated heterocycles. The molecule has 0 aliphatic heterocycles. The van der Waals surface area contributed by atoms with E-state index in [1.165, 1.54) is 12.1 Å². The van der Waals surface area contributed by atoms with Crippen LogP contribution in [0.15, 0.2) is 28.7 Å². The second-order valence-electron chi connectivity index (χ2n) is 7.47. The summed E-state index contributed by atoms with van der Waals surface area (Å²) in [5.74, 6) is 0.463. The highest BCUT2D eigenvalue weighted by molar-refractivity contribution is 6.09. The van der Waals surface area contributed by atoms with Crippen molar-refractivity contribution in [3.63, 3.8) is 0 Å². The van der Waals surface area contributed by atoms with Crippen molar-refractivity contribution >= 4 is 22.8 Å². The van der Waals surface area contributed by atoms with Gasteiger partial charge in [-0.05, 0) is 44.4 Å². The number of hydrogen-bond donors (Lipinski definition) is 2. The van der Waals surface area contributed by atoms with Crippen molar-refractivity contribution in [1.29, 1.82) is 0 Å². The number of carbonyl (C=O) groups excluding carboxylic acids is 1. The van der Waals surface area contributed by atoms with Gasteiger partial charge in [-0.15, -0.1) is 0 Å². The molecule has 7 heteroatoms. The van der Waals surface area contributed by atoms with Gasteiger partial charge < -0.3 is 15.5 Å². The quantitative estimate of drug-likeness (QED) is 0.713. The molecule has 1 aliphatic rings. The van der Waals surface area contributed by atoms with Crippen LogP contribution in [0.3, 0.4) is 0 Å². The third kappa shape index (κ3) is 3.13. The second-order valence-corrected chi connectivity index (χ2v) is 7.47. The predicted octanol–water partition coefficient (Wildman–Crippen LogP) is 3.89. The summed E-state index contributed by atoms with van der Waals surface area (Å²) >= 11 is 0. The minimum absolute atomic E-state index is 0.0578. The normalized spacial score (nSPS) is 16.3. The third-order valence-electron chi connectivity index (χ3n) is 5.17. The summed E-state index contributed by atoms with van der Waals surface area (Å²) in [7, 11) is 0. The molecule has 1 aromatic carbocycles. The zero-order chi connectivity index (χ0) is 19.3. The lowest BCUT2D eigenvalue weighted by Gasteiger charge is -2.16. The zero-order valence-electron chi connectivity index (χ0n) is 15.5. The van der Waals surface area contributed by atoms with Gasteiger partial charge in [0.15, 0.2) is 0 Å².